The van der Waals surface area contributed by atoms with E-state index in [2.05, 4.69) is 11.3 Å². The second kappa shape index (κ2) is 8.67. The van der Waals surface area contributed by atoms with Gasteiger partial charge in [0.25, 0.3) is 0 Å². The van der Waals surface area contributed by atoms with Gasteiger partial charge >= 0.3 is 0 Å². The number of halogens is 2. The third kappa shape index (κ3) is 3.99. The molecular formula is C23H21F2N5O2. The zero-order valence-corrected chi connectivity index (χ0v) is 17.3. The number of nitriles is 1. The second-order valence-electron chi connectivity index (χ2n) is 7.74. The lowest BCUT2D eigenvalue weighted by Crippen LogP contribution is -2.39. The molecule has 3 aromatic rings. The first-order valence-electron chi connectivity index (χ1n) is 10.1. The lowest BCUT2D eigenvalue weighted by molar-refractivity contribution is 0.112. The van der Waals surface area contributed by atoms with Gasteiger partial charge in [0.2, 0.25) is 0 Å². The van der Waals surface area contributed by atoms with Crippen molar-refractivity contribution in [2.45, 2.75) is 31.8 Å². The fraction of sp³-hybridized carbons (Fsp3) is 0.261. The summed E-state index contributed by atoms with van der Waals surface area (Å²) in [6.45, 7) is 2.47. The fourth-order valence-electron chi connectivity index (χ4n) is 3.86. The van der Waals surface area contributed by atoms with Crippen LogP contribution in [0.15, 0.2) is 42.5 Å². The molecule has 1 aliphatic rings. The SMILES string of the molecule is C[C@@H]1CC[C@H](n2nc(-c3ccc(Oc4ccc(F)cc4F)cc3)c(C=O)c2N)CN1C#N. The first kappa shape index (κ1) is 21.3. The molecule has 0 radical (unpaired) electrons. The number of rotatable bonds is 5. The molecule has 0 unspecified atom stereocenters. The molecule has 164 valence electrons. The first-order chi connectivity index (χ1) is 15.4. The van der Waals surface area contributed by atoms with Crippen LogP contribution in [-0.2, 0) is 0 Å². The van der Waals surface area contributed by atoms with Crippen molar-refractivity contribution >= 4 is 12.1 Å². The molecule has 2 atom stereocenters. The van der Waals surface area contributed by atoms with Crippen LogP contribution in [0.1, 0.15) is 36.2 Å². The van der Waals surface area contributed by atoms with Crippen LogP contribution in [-0.4, -0.2) is 33.6 Å². The maximum atomic E-state index is 13.8. The van der Waals surface area contributed by atoms with E-state index in [-0.39, 0.29) is 29.2 Å². The molecule has 0 saturated carbocycles. The maximum absolute atomic E-state index is 13.8. The second-order valence-corrected chi connectivity index (χ2v) is 7.74. The summed E-state index contributed by atoms with van der Waals surface area (Å²) >= 11 is 0. The van der Waals surface area contributed by atoms with Crippen molar-refractivity contribution in [3.63, 3.8) is 0 Å². The number of carbonyl (C=O) groups is 1. The lowest BCUT2D eigenvalue weighted by Gasteiger charge is -2.34. The predicted molar refractivity (Wildman–Crippen MR) is 114 cm³/mol. The molecule has 2 heterocycles. The first-order valence-corrected chi connectivity index (χ1v) is 10.1. The van der Waals surface area contributed by atoms with Crippen LogP contribution in [0, 0.1) is 23.1 Å². The normalized spacial score (nSPS) is 18.2. The highest BCUT2D eigenvalue weighted by Gasteiger charge is 2.29. The van der Waals surface area contributed by atoms with Crippen molar-refractivity contribution in [3.05, 3.63) is 59.7 Å². The van der Waals surface area contributed by atoms with Gasteiger partial charge in [-0.15, -0.1) is 0 Å². The molecule has 4 rings (SSSR count). The summed E-state index contributed by atoms with van der Waals surface area (Å²) in [5.41, 5.74) is 7.55. The highest BCUT2D eigenvalue weighted by Crippen LogP contribution is 2.33. The summed E-state index contributed by atoms with van der Waals surface area (Å²) in [6, 6.07) is 9.65. The minimum absolute atomic E-state index is 0.102. The Labute approximate surface area is 183 Å². The molecule has 0 bridgehead atoms. The van der Waals surface area contributed by atoms with Gasteiger partial charge in [-0.2, -0.15) is 10.4 Å². The summed E-state index contributed by atoms with van der Waals surface area (Å²) < 4.78 is 34.0. The van der Waals surface area contributed by atoms with Crippen LogP contribution >= 0.6 is 0 Å². The summed E-state index contributed by atoms with van der Waals surface area (Å²) in [5.74, 6) is -1.01. The Bertz CT molecular complexity index is 1190. The van der Waals surface area contributed by atoms with Crippen molar-refractivity contribution in [2.24, 2.45) is 0 Å². The summed E-state index contributed by atoms with van der Waals surface area (Å²) in [5, 5.41) is 13.9. The van der Waals surface area contributed by atoms with E-state index in [1.54, 1.807) is 33.8 Å². The van der Waals surface area contributed by atoms with Gasteiger partial charge in [0.15, 0.2) is 24.0 Å². The maximum Gasteiger partial charge on any atom is 0.179 e. The molecule has 0 spiro atoms. The largest absolute Gasteiger partial charge is 0.454 e. The van der Waals surface area contributed by atoms with Crippen molar-refractivity contribution in [1.29, 1.82) is 5.26 Å². The van der Waals surface area contributed by atoms with Crippen LogP contribution < -0.4 is 10.5 Å². The van der Waals surface area contributed by atoms with E-state index in [1.165, 1.54) is 6.07 Å². The molecule has 1 fully saturated rings. The van der Waals surface area contributed by atoms with Crippen molar-refractivity contribution in [2.75, 3.05) is 12.3 Å². The topological polar surface area (TPSA) is 97.2 Å². The van der Waals surface area contributed by atoms with Crippen LogP contribution in [0.25, 0.3) is 11.3 Å². The van der Waals surface area contributed by atoms with Gasteiger partial charge in [-0.3, -0.25) is 4.79 Å². The molecule has 1 aliphatic heterocycles. The molecule has 1 aromatic heterocycles. The third-order valence-electron chi connectivity index (χ3n) is 5.68. The smallest absolute Gasteiger partial charge is 0.179 e. The van der Waals surface area contributed by atoms with Gasteiger partial charge in [-0.05, 0) is 56.2 Å². The molecule has 2 aromatic carbocycles. The minimum atomic E-state index is -0.808. The van der Waals surface area contributed by atoms with Gasteiger partial charge in [0.05, 0.1) is 18.2 Å². The molecule has 9 heteroatoms. The number of anilines is 1. The Morgan fingerprint density at radius 1 is 1.22 bits per heavy atom. The number of piperidine rings is 1. The lowest BCUT2D eigenvalue weighted by atomic mass is 10.0. The van der Waals surface area contributed by atoms with Crippen LogP contribution in [0.3, 0.4) is 0 Å². The Hall–Kier alpha value is -3.93. The Morgan fingerprint density at radius 3 is 2.62 bits per heavy atom. The van der Waals surface area contributed by atoms with E-state index in [0.29, 0.717) is 29.8 Å². The number of ether oxygens (including phenoxy) is 1. The summed E-state index contributed by atoms with van der Waals surface area (Å²) in [4.78, 5) is 13.5. The number of benzene rings is 2. The van der Waals surface area contributed by atoms with E-state index in [9.17, 15) is 18.8 Å². The molecule has 32 heavy (non-hydrogen) atoms. The molecule has 1 saturated heterocycles. The molecule has 0 amide bonds. The van der Waals surface area contributed by atoms with Gasteiger partial charge in [0.1, 0.15) is 23.1 Å². The highest BCUT2D eigenvalue weighted by atomic mass is 19.1. The number of carbonyl (C=O) groups excluding carboxylic acids is 1. The summed E-state index contributed by atoms with van der Waals surface area (Å²) in [7, 11) is 0. The minimum Gasteiger partial charge on any atom is -0.454 e. The molecule has 7 nitrogen and oxygen atoms in total. The fourth-order valence-corrected chi connectivity index (χ4v) is 3.86. The Kier molecular flexibility index (Phi) is 5.77. The van der Waals surface area contributed by atoms with Crippen LogP contribution in [0.2, 0.25) is 0 Å². The van der Waals surface area contributed by atoms with E-state index in [4.69, 9.17) is 10.5 Å². The number of hydrogen-bond donors (Lipinski definition) is 1. The van der Waals surface area contributed by atoms with Gasteiger partial charge in [0, 0.05) is 17.7 Å². The number of aromatic nitrogens is 2. The van der Waals surface area contributed by atoms with Crippen molar-refractivity contribution in [1.82, 2.24) is 14.7 Å². The van der Waals surface area contributed by atoms with Crippen molar-refractivity contribution < 1.29 is 18.3 Å². The van der Waals surface area contributed by atoms with Gasteiger partial charge in [-0.1, -0.05) is 0 Å². The van der Waals surface area contributed by atoms with Gasteiger partial charge in [-0.25, -0.2) is 13.5 Å². The Morgan fingerprint density at radius 2 is 1.97 bits per heavy atom. The number of nitrogens with zero attached hydrogens (tertiary/aromatic N) is 4. The summed E-state index contributed by atoms with van der Waals surface area (Å²) in [6.07, 6.45) is 4.47. The predicted octanol–water partition coefficient (Wildman–Crippen LogP) is 4.52. The zero-order chi connectivity index (χ0) is 22.8. The van der Waals surface area contributed by atoms with E-state index in [1.807, 2.05) is 6.92 Å². The monoisotopic (exact) mass is 437 g/mol. The number of nitrogen functional groups attached to an aromatic ring is 1. The van der Waals surface area contributed by atoms with Crippen molar-refractivity contribution in [3.8, 4) is 28.9 Å². The quantitative estimate of drug-likeness (QED) is 0.466. The zero-order valence-electron chi connectivity index (χ0n) is 17.3. The number of nitrogens with two attached hydrogens (primary N) is 1. The van der Waals surface area contributed by atoms with E-state index in [0.717, 1.165) is 25.0 Å². The third-order valence-corrected chi connectivity index (χ3v) is 5.68. The van der Waals surface area contributed by atoms with Crippen LogP contribution in [0.5, 0.6) is 11.5 Å². The number of likely N-dealkylation sites (tertiary alicyclic amines) is 1. The Balaban J connectivity index is 1.60. The number of aldehydes is 1. The number of hydrogen-bond acceptors (Lipinski definition) is 6. The highest BCUT2D eigenvalue weighted by molar-refractivity contribution is 5.91. The molecular weight excluding hydrogens is 416 g/mol. The van der Waals surface area contributed by atoms with E-state index < -0.39 is 11.6 Å². The van der Waals surface area contributed by atoms with E-state index >= 15 is 0 Å². The van der Waals surface area contributed by atoms with Crippen LogP contribution in [0.4, 0.5) is 14.6 Å². The average molecular weight is 437 g/mol. The molecule has 2 N–H and O–H groups in total. The standard InChI is InChI=1S/C23H21F2N5O2/c1-14-2-6-17(11-29(14)13-26)30-23(27)19(12-31)22(28-30)15-3-7-18(8-4-15)32-21-9-5-16(24)10-20(21)25/h3-5,7-10,12,14,17H,2,6,11,27H2,1H3/t14-,17+/m1/s1. The average Bonchev–Trinajstić information content (AvgIpc) is 3.12. The van der Waals surface area contributed by atoms with Gasteiger partial charge < -0.3 is 15.4 Å². The molecule has 0 aliphatic carbocycles.